The third-order valence-corrected chi connectivity index (χ3v) is 3.68. The Morgan fingerprint density at radius 1 is 1.35 bits per heavy atom. The smallest absolute Gasteiger partial charge is 0.315 e. The van der Waals surface area contributed by atoms with Crippen molar-refractivity contribution < 1.29 is 9.90 Å². The summed E-state index contributed by atoms with van der Waals surface area (Å²) in [6, 6.07) is 9.73. The van der Waals surface area contributed by atoms with E-state index in [1.54, 1.807) is 6.20 Å². The molecule has 0 fully saturated rings. The largest absolute Gasteiger partial charge is 0.394 e. The first-order chi connectivity index (χ1) is 11.2. The highest BCUT2D eigenvalue weighted by Gasteiger charge is 2.09. The summed E-state index contributed by atoms with van der Waals surface area (Å²) in [4.78, 5) is 16.1. The van der Waals surface area contributed by atoms with Crippen molar-refractivity contribution in [3.05, 3.63) is 54.1 Å². The fourth-order valence-corrected chi connectivity index (χ4v) is 2.29. The molecule has 2 aromatic rings. The lowest BCUT2D eigenvalue weighted by Gasteiger charge is -2.14. The summed E-state index contributed by atoms with van der Waals surface area (Å²) in [5.74, 6) is 0.934. The van der Waals surface area contributed by atoms with Gasteiger partial charge in [0, 0.05) is 31.9 Å². The van der Waals surface area contributed by atoms with Gasteiger partial charge in [-0.25, -0.2) is 9.78 Å². The van der Waals surface area contributed by atoms with E-state index in [-0.39, 0.29) is 18.7 Å². The highest BCUT2D eigenvalue weighted by atomic mass is 16.3. The quantitative estimate of drug-likeness (QED) is 0.691. The van der Waals surface area contributed by atoms with Crippen LogP contribution in [0.2, 0.25) is 0 Å². The molecule has 6 nitrogen and oxygen atoms in total. The fraction of sp³-hybridized carbons (Fsp3) is 0.412. The van der Waals surface area contributed by atoms with E-state index in [1.165, 1.54) is 5.56 Å². The lowest BCUT2D eigenvalue weighted by Crippen LogP contribution is -2.44. The van der Waals surface area contributed by atoms with E-state index in [4.69, 9.17) is 5.11 Å². The van der Waals surface area contributed by atoms with Gasteiger partial charge in [0.15, 0.2) is 0 Å². The predicted octanol–water partition coefficient (Wildman–Crippen LogP) is 1.54. The van der Waals surface area contributed by atoms with E-state index in [0.717, 1.165) is 12.4 Å². The van der Waals surface area contributed by atoms with E-state index >= 15 is 0 Å². The van der Waals surface area contributed by atoms with Crippen LogP contribution in [0.25, 0.3) is 0 Å². The van der Waals surface area contributed by atoms with Crippen molar-refractivity contribution in [2.75, 3.05) is 13.2 Å². The zero-order valence-corrected chi connectivity index (χ0v) is 13.4. The number of amides is 2. The summed E-state index contributed by atoms with van der Waals surface area (Å²) in [6.07, 6.45) is 5.08. The summed E-state index contributed by atoms with van der Waals surface area (Å²) in [5, 5.41) is 14.6. The highest BCUT2D eigenvalue weighted by Crippen LogP contribution is 2.05. The number of nitrogens with one attached hydrogen (secondary N) is 2. The van der Waals surface area contributed by atoms with Crippen LogP contribution in [0.15, 0.2) is 42.7 Å². The second kappa shape index (κ2) is 8.95. The maximum atomic E-state index is 11.7. The zero-order valence-electron chi connectivity index (χ0n) is 13.4. The average molecular weight is 316 g/mol. The van der Waals surface area contributed by atoms with Crippen molar-refractivity contribution in [2.45, 2.75) is 32.4 Å². The Bertz CT molecular complexity index is 594. The van der Waals surface area contributed by atoms with Crippen molar-refractivity contribution >= 4 is 6.03 Å². The molecule has 0 bridgehead atoms. The van der Waals surface area contributed by atoms with E-state index in [9.17, 15) is 4.79 Å². The first-order valence-electron chi connectivity index (χ1n) is 7.92. The van der Waals surface area contributed by atoms with Crippen LogP contribution in [0.5, 0.6) is 0 Å². The third kappa shape index (κ3) is 5.41. The summed E-state index contributed by atoms with van der Waals surface area (Å²) in [5.41, 5.74) is 1.21. The molecule has 0 radical (unpaired) electrons. The molecule has 3 N–H and O–H groups in total. The number of carbonyl (C=O) groups excluding carboxylic acids is 1. The monoisotopic (exact) mass is 316 g/mol. The molecule has 0 aliphatic rings. The molecule has 124 valence electrons. The number of imidazole rings is 1. The Balaban J connectivity index is 1.80. The van der Waals surface area contributed by atoms with Crippen molar-refractivity contribution in [1.29, 1.82) is 0 Å². The van der Waals surface area contributed by atoms with Crippen molar-refractivity contribution in [1.82, 2.24) is 20.2 Å². The second-order valence-corrected chi connectivity index (χ2v) is 5.39. The first-order valence-corrected chi connectivity index (χ1v) is 7.92. The molecule has 0 spiro atoms. The van der Waals surface area contributed by atoms with Gasteiger partial charge in [0.25, 0.3) is 0 Å². The summed E-state index contributed by atoms with van der Waals surface area (Å²) < 4.78 is 2.08. The third-order valence-electron chi connectivity index (χ3n) is 3.68. The van der Waals surface area contributed by atoms with Crippen LogP contribution in [-0.4, -0.2) is 39.9 Å². The van der Waals surface area contributed by atoms with Crippen LogP contribution in [0.3, 0.4) is 0 Å². The maximum Gasteiger partial charge on any atom is 0.315 e. The Hall–Kier alpha value is -2.34. The molecule has 2 rings (SSSR count). The molecule has 1 aromatic heterocycles. The Morgan fingerprint density at radius 3 is 2.83 bits per heavy atom. The lowest BCUT2D eigenvalue weighted by atomic mass is 10.2. The minimum Gasteiger partial charge on any atom is -0.394 e. The van der Waals surface area contributed by atoms with Crippen LogP contribution >= 0.6 is 0 Å². The molecular weight excluding hydrogens is 292 g/mol. The van der Waals surface area contributed by atoms with Gasteiger partial charge in [0.2, 0.25) is 0 Å². The van der Waals surface area contributed by atoms with Crippen LogP contribution in [0.4, 0.5) is 4.79 Å². The maximum absolute atomic E-state index is 11.7. The number of hydrogen-bond acceptors (Lipinski definition) is 3. The SMILES string of the molecule is CCC(CO)NC(=O)NCCc1nccn1Cc1ccccc1. The normalized spacial score (nSPS) is 11.9. The van der Waals surface area contributed by atoms with Crippen molar-refractivity contribution in [3.63, 3.8) is 0 Å². The minimum absolute atomic E-state index is 0.0502. The predicted molar refractivity (Wildman–Crippen MR) is 89.2 cm³/mol. The van der Waals surface area contributed by atoms with Gasteiger partial charge in [-0.1, -0.05) is 37.3 Å². The first kappa shape index (κ1) is 17.0. The highest BCUT2D eigenvalue weighted by molar-refractivity contribution is 5.74. The molecule has 23 heavy (non-hydrogen) atoms. The molecule has 0 saturated heterocycles. The van der Waals surface area contributed by atoms with Gasteiger partial charge >= 0.3 is 6.03 Å². The number of aliphatic hydroxyl groups excluding tert-OH is 1. The van der Waals surface area contributed by atoms with Gasteiger partial charge in [-0.3, -0.25) is 0 Å². The van der Waals surface area contributed by atoms with Gasteiger partial charge in [0.1, 0.15) is 5.82 Å². The molecule has 0 aliphatic carbocycles. The topological polar surface area (TPSA) is 79.2 Å². The number of hydrogen-bond donors (Lipinski definition) is 3. The van der Waals surface area contributed by atoms with E-state index < -0.39 is 0 Å². The Kier molecular flexibility index (Phi) is 6.62. The van der Waals surface area contributed by atoms with Gasteiger partial charge in [-0.2, -0.15) is 0 Å². The number of urea groups is 1. The van der Waals surface area contributed by atoms with E-state index in [2.05, 4.69) is 32.3 Å². The second-order valence-electron chi connectivity index (χ2n) is 5.39. The number of benzene rings is 1. The number of aromatic nitrogens is 2. The van der Waals surface area contributed by atoms with E-state index in [1.807, 2.05) is 31.3 Å². The van der Waals surface area contributed by atoms with Gasteiger partial charge in [0.05, 0.1) is 12.6 Å². The van der Waals surface area contributed by atoms with Gasteiger partial charge < -0.3 is 20.3 Å². The summed E-state index contributed by atoms with van der Waals surface area (Å²) >= 11 is 0. The number of carbonyl (C=O) groups is 1. The van der Waals surface area contributed by atoms with Crippen LogP contribution in [-0.2, 0) is 13.0 Å². The summed E-state index contributed by atoms with van der Waals surface area (Å²) in [7, 11) is 0. The fourth-order valence-electron chi connectivity index (χ4n) is 2.29. The molecular formula is C17H24N4O2. The Morgan fingerprint density at radius 2 is 2.13 bits per heavy atom. The Labute approximate surface area is 136 Å². The number of aliphatic hydroxyl groups is 1. The number of nitrogens with zero attached hydrogens (tertiary/aromatic N) is 2. The molecule has 1 atom stereocenters. The number of rotatable bonds is 8. The average Bonchev–Trinajstić information content (AvgIpc) is 3.00. The van der Waals surface area contributed by atoms with Crippen LogP contribution in [0, 0.1) is 0 Å². The zero-order chi connectivity index (χ0) is 16.5. The standard InChI is InChI=1S/C17H24N4O2/c1-2-15(13-22)20-17(23)19-9-8-16-18-10-11-21(16)12-14-6-4-3-5-7-14/h3-7,10-11,15,22H,2,8-9,12-13H2,1H3,(H2,19,20,23). The molecule has 1 unspecified atom stereocenters. The van der Waals surface area contributed by atoms with Gasteiger partial charge in [-0.05, 0) is 12.0 Å². The molecule has 0 saturated carbocycles. The molecule has 1 heterocycles. The summed E-state index contributed by atoms with van der Waals surface area (Å²) in [6.45, 7) is 3.14. The minimum atomic E-state index is -0.257. The van der Waals surface area contributed by atoms with Crippen LogP contribution < -0.4 is 10.6 Å². The van der Waals surface area contributed by atoms with Crippen LogP contribution in [0.1, 0.15) is 24.7 Å². The molecule has 0 aliphatic heterocycles. The van der Waals surface area contributed by atoms with Crippen molar-refractivity contribution in [3.8, 4) is 0 Å². The van der Waals surface area contributed by atoms with Crippen molar-refractivity contribution in [2.24, 2.45) is 0 Å². The molecule has 2 amide bonds. The molecule has 1 aromatic carbocycles. The van der Waals surface area contributed by atoms with Gasteiger partial charge in [-0.15, -0.1) is 0 Å². The molecule has 6 heteroatoms. The lowest BCUT2D eigenvalue weighted by molar-refractivity contribution is 0.214. The van der Waals surface area contributed by atoms with E-state index in [0.29, 0.717) is 19.4 Å².